The van der Waals surface area contributed by atoms with Crippen LogP contribution in [0.25, 0.3) is 0 Å². The van der Waals surface area contributed by atoms with Crippen molar-refractivity contribution in [3.63, 3.8) is 0 Å². The van der Waals surface area contributed by atoms with Crippen molar-refractivity contribution in [1.82, 2.24) is 0 Å². The Bertz CT molecular complexity index is 253. The minimum Gasteiger partial charge on any atom is -0.377 e. The van der Waals surface area contributed by atoms with Crippen LogP contribution in [-0.2, 0) is 22.2 Å². The summed E-state index contributed by atoms with van der Waals surface area (Å²) in [5.41, 5.74) is -1.24. The van der Waals surface area contributed by atoms with Gasteiger partial charge in [0.05, 0.1) is 5.25 Å². The second kappa shape index (κ2) is 6.05. The molecule has 0 heterocycles. The monoisotopic (exact) mass is 256 g/mol. The zero-order chi connectivity index (χ0) is 11.4. The lowest BCUT2D eigenvalue weighted by atomic mass is 10.1. The van der Waals surface area contributed by atoms with Gasteiger partial charge in [-0.25, -0.2) is 8.42 Å². The highest BCUT2D eigenvalue weighted by Crippen LogP contribution is 2.37. The molecule has 4 unspecified atom stereocenters. The van der Waals surface area contributed by atoms with Gasteiger partial charge in [-0.3, -0.25) is 0 Å². The molecule has 3 N–H and O–H groups in total. The van der Waals surface area contributed by atoms with Crippen molar-refractivity contribution in [2.75, 3.05) is 0 Å². The van der Waals surface area contributed by atoms with E-state index in [9.17, 15) is 8.42 Å². The third kappa shape index (κ3) is 4.69. The Morgan fingerprint density at radius 1 is 1.13 bits per heavy atom. The zero-order valence-electron chi connectivity index (χ0n) is 8.24. The largest absolute Gasteiger partial charge is 0.377 e. The summed E-state index contributed by atoms with van der Waals surface area (Å²) < 4.78 is 38.9. The normalized spacial score (nSPS) is 24.5. The van der Waals surface area contributed by atoms with Crippen molar-refractivity contribution in [3.05, 3.63) is 0 Å². The van der Waals surface area contributed by atoms with E-state index < -0.39 is 27.6 Å². The van der Waals surface area contributed by atoms with E-state index in [4.69, 9.17) is 14.2 Å². The van der Waals surface area contributed by atoms with Gasteiger partial charge in [0.1, 0.15) is 0 Å². The average molecular weight is 256 g/mol. The number of aliphatic hydroxyl groups excluding tert-OH is 1. The van der Waals surface area contributed by atoms with Gasteiger partial charge >= 0.3 is 0 Å². The topological polar surface area (TPSA) is 94.8 Å². The molecule has 0 radical (unpaired) electrons. The summed E-state index contributed by atoms with van der Waals surface area (Å²) in [5, 5.41) is 8.81. The Morgan fingerprint density at radius 3 is 2.13 bits per heavy atom. The highest BCUT2D eigenvalue weighted by atomic mass is 32.2. The van der Waals surface area contributed by atoms with E-state index in [1.54, 1.807) is 0 Å². The van der Waals surface area contributed by atoms with Gasteiger partial charge in [-0.1, -0.05) is 0 Å². The molecule has 1 aliphatic rings. The fraction of sp³-hybridized carbons (Fsp3) is 1.00. The summed E-state index contributed by atoms with van der Waals surface area (Å²) in [4.78, 5) is 0. The summed E-state index contributed by atoms with van der Waals surface area (Å²) in [6.45, 7) is 0. The second-order valence-corrected chi connectivity index (χ2v) is 6.07. The molecule has 0 amide bonds. The van der Waals surface area contributed by atoms with Gasteiger partial charge in [0, 0.05) is 0 Å². The van der Waals surface area contributed by atoms with Crippen LogP contribution in [0.15, 0.2) is 0 Å². The Labute approximate surface area is 93.8 Å². The third-order valence-corrected chi connectivity index (χ3v) is 4.42. The Balaban J connectivity index is 2.22. The highest BCUT2D eigenvalue weighted by Gasteiger charge is 2.34. The molecule has 90 valence electrons. The highest BCUT2D eigenvalue weighted by molar-refractivity contribution is 7.80. The predicted octanol–water partition coefficient (Wildman–Crippen LogP) is 0.697. The van der Waals surface area contributed by atoms with Gasteiger partial charge < -0.3 is 14.2 Å². The van der Waals surface area contributed by atoms with Gasteiger partial charge in [0.15, 0.2) is 27.6 Å². The van der Waals surface area contributed by atoms with Crippen molar-refractivity contribution >= 4 is 22.2 Å². The van der Waals surface area contributed by atoms with Gasteiger partial charge in [-0.2, -0.15) is 0 Å². The van der Waals surface area contributed by atoms with Crippen molar-refractivity contribution < 1.29 is 22.6 Å². The Kier molecular flexibility index (Phi) is 5.34. The molecule has 15 heavy (non-hydrogen) atoms. The van der Waals surface area contributed by atoms with Crippen molar-refractivity contribution in [1.29, 1.82) is 0 Å². The molecule has 0 spiro atoms. The lowest BCUT2D eigenvalue weighted by Gasteiger charge is -2.12. The standard InChI is InChI=1S/C8H16O5S2/c9-8(15(12)13)3-1-2-7(14(10)11)6-4-5-6/h6-9H,1-5H2,(H,10,11)(H,12,13). The van der Waals surface area contributed by atoms with E-state index in [1.807, 2.05) is 0 Å². The first-order valence-corrected chi connectivity index (χ1v) is 7.23. The maximum absolute atomic E-state index is 10.9. The molecule has 4 atom stereocenters. The molecule has 1 saturated carbocycles. The van der Waals surface area contributed by atoms with Crippen LogP contribution in [0.2, 0.25) is 0 Å². The van der Waals surface area contributed by atoms with E-state index in [1.165, 1.54) is 0 Å². The van der Waals surface area contributed by atoms with Crippen LogP contribution >= 0.6 is 0 Å². The Morgan fingerprint density at radius 2 is 1.73 bits per heavy atom. The SMILES string of the molecule is O=S(O)C(O)CCCC(C1CC1)S(=O)O. The second-order valence-electron chi connectivity index (χ2n) is 3.81. The summed E-state index contributed by atoms with van der Waals surface area (Å²) in [5.74, 6) is 0.326. The van der Waals surface area contributed by atoms with Gasteiger partial charge in [0.2, 0.25) is 0 Å². The molecule has 0 aromatic heterocycles. The van der Waals surface area contributed by atoms with Crippen LogP contribution < -0.4 is 0 Å². The molecule has 0 saturated heterocycles. The molecule has 0 aromatic rings. The minimum absolute atomic E-state index is 0.198. The fourth-order valence-electron chi connectivity index (χ4n) is 1.56. The summed E-state index contributed by atoms with van der Waals surface area (Å²) in [6.07, 6.45) is 3.21. The molecular formula is C8H16O5S2. The molecule has 1 aliphatic carbocycles. The first-order valence-electron chi connectivity index (χ1n) is 4.89. The van der Waals surface area contributed by atoms with Crippen molar-refractivity contribution in [2.24, 2.45) is 5.92 Å². The van der Waals surface area contributed by atoms with Gasteiger partial charge in [-0.05, 0) is 38.0 Å². The number of hydrogen-bond donors (Lipinski definition) is 3. The van der Waals surface area contributed by atoms with Crippen LogP contribution in [0.5, 0.6) is 0 Å². The summed E-state index contributed by atoms with van der Waals surface area (Å²) >= 11 is -4.03. The van der Waals surface area contributed by atoms with E-state index in [-0.39, 0.29) is 11.7 Å². The molecule has 0 aliphatic heterocycles. The lowest BCUT2D eigenvalue weighted by Crippen LogP contribution is -2.19. The summed E-state index contributed by atoms with van der Waals surface area (Å²) in [7, 11) is 0. The lowest BCUT2D eigenvalue weighted by molar-refractivity contribution is 0.230. The van der Waals surface area contributed by atoms with Crippen LogP contribution in [-0.4, -0.2) is 33.3 Å². The number of aliphatic hydroxyl groups is 1. The Hall–Kier alpha value is 0.180. The minimum atomic E-state index is -2.21. The summed E-state index contributed by atoms with van der Waals surface area (Å²) in [6, 6.07) is 0. The van der Waals surface area contributed by atoms with Crippen LogP contribution in [0.1, 0.15) is 32.1 Å². The van der Waals surface area contributed by atoms with Crippen LogP contribution in [0.4, 0.5) is 0 Å². The molecule has 0 bridgehead atoms. The molecule has 7 heteroatoms. The predicted molar refractivity (Wildman–Crippen MR) is 57.9 cm³/mol. The maximum atomic E-state index is 10.9. The maximum Gasteiger partial charge on any atom is 0.182 e. The number of rotatable bonds is 7. The van der Waals surface area contributed by atoms with E-state index in [0.29, 0.717) is 18.8 Å². The van der Waals surface area contributed by atoms with E-state index in [2.05, 4.69) is 0 Å². The molecular weight excluding hydrogens is 240 g/mol. The first-order chi connectivity index (χ1) is 7.02. The van der Waals surface area contributed by atoms with E-state index >= 15 is 0 Å². The molecule has 1 fully saturated rings. The van der Waals surface area contributed by atoms with Crippen molar-refractivity contribution in [3.8, 4) is 0 Å². The van der Waals surface area contributed by atoms with Gasteiger partial charge in [-0.15, -0.1) is 0 Å². The molecule has 5 nitrogen and oxygen atoms in total. The molecule has 1 rings (SSSR count). The van der Waals surface area contributed by atoms with Crippen LogP contribution in [0.3, 0.4) is 0 Å². The van der Waals surface area contributed by atoms with Gasteiger partial charge in [0.25, 0.3) is 0 Å². The third-order valence-electron chi connectivity index (χ3n) is 2.58. The number of hydrogen-bond acceptors (Lipinski definition) is 3. The smallest absolute Gasteiger partial charge is 0.182 e. The fourth-order valence-corrected chi connectivity index (χ4v) is 2.90. The average Bonchev–Trinajstić information content (AvgIpc) is 2.94. The van der Waals surface area contributed by atoms with Crippen LogP contribution in [0, 0.1) is 5.92 Å². The van der Waals surface area contributed by atoms with Crippen molar-refractivity contribution in [2.45, 2.75) is 42.8 Å². The molecule has 0 aromatic carbocycles. The first kappa shape index (κ1) is 13.2. The quantitative estimate of drug-likeness (QED) is 0.583. The zero-order valence-corrected chi connectivity index (χ0v) is 9.88. The van der Waals surface area contributed by atoms with E-state index in [0.717, 1.165) is 12.8 Å².